The van der Waals surface area contributed by atoms with Gasteiger partial charge in [0.2, 0.25) is 0 Å². The van der Waals surface area contributed by atoms with Gasteiger partial charge in [-0.05, 0) is 42.2 Å². The van der Waals surface area contributed by atoms with Gasteiger partial charge in [-0.2, -0.15) is 0 Å². The Morgan fingerprint density at radius 2 is 1.95 bits per heavy atom. The van der Waals surface area contributed by atoms with Gasteiger partial charge >= 0.3 is 0 Å². The van der Waals surface area contributed by atoms with E-state index in [2.05, 4.69) is 47.9 Å². The Hall–Kier alpha value is -2.09. The molecule has 0 aliphatic carbocycles. The van der Waals surface area contributed by atoms with Crippen LogP contribution in [0.4, 0.5) is 5.82 Å². The number of benzene rings is 1. The molecular weight excluding hydrogens is 232 g/mol. The average molecular weight is 250 g/mol. The fourth-order valence-electron chi connectivity index (χ4n) is 2.64. The van der Waals surface area contributed by atoms with E-state index in [1.54, 1.807) is 0 Å². The molecular formula is C17H18N2. The third kappa shape index (κ3) is 2.26. The molecule has 0 unspecified atom stereocenters. The van der Waals surface area contributed by atoms with Crippen molar-refractivity contribution < 1.29 is 0 Å². The van der Waals surface area contributed by atoms with Crippen LogP contribution in [0.2, 0.25) is 0 Å². The van der Waals surface area contributed by atoms with Gasteiger partial charge in [0, 0.05) is 18.8 Å². The molecule has 1 aromatic heterocycles. The molecule has 2 heterocycles. The van der Waals surface area contributed by atoms with E-state index in [1.807, 2.05) is 13.0 Å². The number of rotatable bonds is 2. The maximum Gasteiger partial charge on any atom is 0.129 e. The topological polar surface area (TPSA) is 16.1 Å². The summed E-state index contributed by atoms with van der Waals surface area (Å²) in [5, 5.41) is 0. The standard InChI is InChI=1S/C17H18N2/c1-3-14-8-9-17(18-13(14)2)19-11-10-15-6-4-5-7-16(15)12-19/h3-9H,1,10-12H2,2H3. The number of aryl methyl sites for hydroxylation is 1. The van der Waals surface area contributed by atoms with E-state index < -0.39 is 0 Å². The summed E-state index contributed by atoms with van der Waals surface area (Å²) in [4.78, 5) is 7.04. The molecule has 0 fully saturated rings. The Balaban J connectivity index is 1.89. The van der Waals surface area contributed by atoms with Crippen LogP contribution in [0.3, 0.4) is 0 Å². The minimum atomic E-state index is 0.954. The van der Waals surface area contributed by atoms with Crippen LogP contribution in [0.15, 0.2) is 43.0 Å². The van der Waals surface area contributed by atoms with Gasteiger partial charge in [-0.3, -0.25) is 0 Å². The lowest BCUT2D eigenvalue weighted by molar-refractivity contribution is 0.719. The second-order valence-corrected chi connectivity index (χ2v) is 4.99. The van der Waals surface area contributed by atoms with Gasteiger partial charge in [0.05, 0.1) is 0 Å². The van der Waals surface area contributed by atoms with E-state index in [0.29, 0.717) is 0 Å². The first-order chi connectivity index (χ1) is 9.28. The van der Waals surface area contributed by atoms with Crippen LogP contribution in [0.25, 0.3) is 6.08 Å². The molecule has 2 nitrogen and oxygen atoms in total. The SMILES string of the molecule is C=Cc1ccc(N2CCc3ccccc3C2)nc1C. The van der Waals surface area contributed by atoms with Crippen molar-refractivity contribution in [1.82, 2.24) is 4.98 Å². The van der Waals surface area contributed by atoms with Crippen LogP contribution in [0, 0.1) is 6.92 Å². The van der Waals surface area contributed by atoms with Gasteiger partial charge in [-0.25, -0.2) is 4.98 Å². The predicted molar refractivity (Wildman–Crippen MR) is 80.3 cm³/mol. The summed E-state index contributed by atoms with van der Waals surface area (Å²) in [6.45, 7) is 7.84. The summed E-state index contributed by atoms with van der Waals surface area (Å²) in [6, 6.07) is 12.9. The first kappa shape index (κ1) is 12.0. The Bertz CT molecular complexity index is 616. The Morgan fingerprint density at radius 1 is 1.16 bits per heavy atom. The quantitative estimate of drug-likeness (QED) is 0.809. The molecule has 0 N–H and O–H groups in total. The molecule has 2 aromatic rings. The van der Waals surface area contributed by atoms with Crippen LogP contribution in [-0.4, -0.2) is 11.5 Å². The monoisotopic (exact) mass is 250 g/mol. The molecule has 19 heavy (non-hydrogen) atoms. The Morgan fingerprint density at radius 3 is 2.68 bits per heavy atom. The van der Waals surface area contributed by atoms with Crippen molar-refractivity contribution >= 4 is 11.9 Å². The van der Waals surface area contributed by atoms with Crippen LogP contribution in [0.1, 0.15) is 22.4 Å². The number of fused-ring (bicyclic) bond motifs is 1. The summed E-state index contributed by atoms with van der Waals surface area (Å²) >= 11 is 0. The Labute approximate surface area is 114 Å². The van der Waals surface area contributed by atoms with Crippen molar-refractivity contribution in [2.24, 2.45) is 0 Å². The molecule has 2 heteroatoms. The van der Waals surface area contributed by atoms with E-state index in [4.69, 9.17) is 4.98 Å². The zero-order valence-electron chi connectivity index (χ0n) is 11.3. The number of aromatic nitrogens is 1. The van der Waals surface area contributed by atoms with Crippen molar-refractivity contribution in [3.05, 3.63) is 65.4 Å². The van der Waals surface area contributed by atoms with E-state index >= 15 is 0 Å². The molecule has 0 radical (unpaired) electrons. The molecule has 96 valence electrons. The fourth-order valence-corrected chi connectivity index (χ4v) is 2.64. The minimum Gasteiger partial charge on any atom is -0.352 e. The van der Waals surface area contributed by atoms with Crippen molar-refractivity contribution in [2.45, 2.75) is 19.9 Å². The van der Waals surface area contributed by atoms with Crippen LogP contribution in [-0.2, 0) is 13.0 Å². The zero-order valence-corrected chi connectivity index (χ0v) is 11.3. The largest absolute Gasteiger partial charge is 0.352 e. The minimum absolute atomic E-state index is 0.954. The summed E-state index contributed by atoms with van der Waals surface area (Å²) < 4.78 is 0. The fraction of sp³-hybridized carbons (Fsp3) is 0.235. The molecule has 0 saturated heterocycles. The van der Waals surface area contributed by atoms with E-state index in [-0.39, 0.29) is 0 Å². The van der Waals surface area contributed by atoms with Crippen LogP contribution < -0.4 is 4.90 Å². The van der Waals surface area contributed by atoms with Gasteiger partial charge in [0.1, 0.15) is 5.82 Å². The molecule has 0 bridgehead atoms. The lowest BCUT2D eigenvalue weighted by atomic mass is 10.00. The summed E-state index contributed by atoms with van der Waals surface area (Å²) in [5.41, 5.74) is 5.05. The number of pyridine rings is 1. The molecule has 0 saturated carbocycles. The van der Waals surface area contributed by atoms with Crippen LogP contribution in [0.5, 0.6) is 0 Å². The van der Waals surface area contributed by atoms with Crippen LogP contribution >= 0.6 is 0 Å². The molecule has 0 atom stereocenters. The highest BCUT2D eigenvalue weighted by Crippen LogP contribution is 2.24. The maximum absolute atomic E-state index is 4.70. The highest BCUT2D eigenvalue weighted by atomic mass is 15.2. The summed E-state index contributed by atoms with van der Waals surface area (Å²) in [6.07, 6.45) is 2.96. The lowest BCUT2D eigenvalue weighted by Gasteiger charge is -2.30. The zero-order chi connectivity index (χ0) is 13.2. The van der Waals surface area contributed by atoms with Crippen molar-refractivity contribution in [3.63, 3.8) is 0 Å². The lowest BCUT2D eigenvalue weighted by Crippen LogP contribution is -2.31. The highest BCUT2D eigenvalue weighted by Gasteiger charge is 2.17. The van der Waals surface area contributed by atoms with Crippen molar-refractivity contribution in [2.75, 3.05) is 11.4 Å². The predicted octanol–water partition coefficient (Wildman–Crippen LogP) is 3.60. The highest BCUT2D eigenvalue weighted by molar-refractivity contribution is 5.54. The van der Waals surface area contributed by atoms with Crippen molar-refractivity contribution in [3.8, 4) is 0 Å². The molecule has 0 amide bonds. The number of hydrogen-bond donors (Lipinski definition) is 0. The first-order valence-corrected chi connectivity index (χ1v) is 6.70. The van der Waals surface area contributed by atoms with Gasteiger partial charge in [0.25, 0.3) is 0 Å². The average Bonchev–Trinajstić information content (AvgIpc) is 2.46. The second kappa shape index (κ2) is 4.88. The molecule has 3 rings (SSSR count). The van der Waals surface area contributed by atoms with Crippen molar-refractivity contribution in [1.29, 1.82) is 0 Å². The maximum atomic E-state index is 4.70. The normalized spacial score (nSPS) is 14.1. The van der Waals surface area contributed by atoms with Gasteiger partial charge in [0.15, 0.2) is 0 Å². The second-order valence-electron chi connectivity index (χ2n) is 4.99. The number of hydrogen-bond acceptors (Lipinski definition) is 2. The van der Waals surface area contributed by atoms with E-state index in [1.165, 1.54) is 11.1 Å². The molecule has 1 aromatic carbocycles. The van der Waals surface area contributed by atoms with E-state index in [0.717, 1.165) is 36.6 Å². The number of anilines is 1. The smallest absolute Gasteiger partial charge is 0.129 e. The van der Waals surface area contributed by atoms with E-state index in [9.17, 15) is 0 Å². The molecule has 1 aliphatic rings. The first-order valence-electron chi connectivity index (χ1n) is 6.70. The summed E-state index contributed by atoms with van der Waals surface area (Å²) in [5.74, 6) is 1.07. The van der Waals surface area contributed by atoms with Gasteiger partial charge < -0.3 is 4.90 Å². The van der Waals surface area contributed by atoms with Gasteiger partial charge in [-0.15, -0.1) is 0 Å². The summed E-state index contributed by atoms with van der Waals surface area (Å²) in [7, 11) is 0. The van der Waals surface area contributed by atoms with Gasteiger partial charge in [-0.1, -0.05) is 36.9 Å². The molecule has 0 spiro atoms. The third-order valence-electron chi connectivity index (χ3n) is 3.79. The Kier molecular flexibility index (Phi) is 3.08. The molecule has 1 aliphatic heterocycles. The number of nitrogens with zero attached hydrogens (tertiary/aromatic N) is 2. The third-order valence-corrected chi connectivity index (χ3v) is 3.79.